The van der Waals surface area contributed by atoms with Gasteiger partial charge in [0.05, 0.1) is 39.1 Å². The molecule has 0 amide bonds. The molecule has 62 heavy (non-hydrogen) atoms. The van der Waals surface area contributed by atoms with Crippen LogP contribution in [0.25, 0.3) is 132 Å². The van der Waals surface area contributed by atoms with E-state index in [0.29, 0.717) is 0 Å². The maximum Gasteiger partial charge on any atom is 0.0972 e. The molecule has 0 aliphatic carbocycles. The molecule has 0 saturated carbocycles. The fourth-order valence-corrected chi connectivity index (χ4v) is 9.45. The first-order valence-electron chi connectivity index (χ1n) is 21.0. The summed E-state index contributed by atoms with van der Waals surface area (Å²) in [5.41, 5.74) is 12.2. The molecule has 0 unspecified atom stereocenters. The van der Waals surface area contributed by atoms with Crippen LogP contribution in [0.4, 0.5) is 0 Å². The molecule has 9 aromatic carbocycles. The predicted octanol–water partition coefficient (Wildman–Crippen LogP) is 15.2. The number of benzene rings is 9. The van der Waals surface area contributed by atoms with Crippen molar-refractivity contribution in [3.63, 3.8) is 0 Å². The highest BCUT2D eigenvalue weighted by atomic mass is 14.8. The Hall–Kier alpha value is -8.34. The van der Waals surface area contributed by atoms with Crippen LogP contribution in [0, 0.1) is 0 Å². The molecule has 4 heteroatoms. The molecule has 13 rings (SSSR count). The van der Waals surface area contributed by atoms with Crippen molar-refractivity contribution in [3.05, 3.63) is 206 Å². The molecular formula is C58H34N4. The van der Waals surface area contributed by atoms with Crippen LogP contribution in [0.3, 0.4) is 0 Å². The molecule has 0 spiro atoms. The predicted molar refractivity (Wildman–Crippen MR) is 259 cm³/mol. The molecule has 0 aliphatic heterocycles. The minimum atomic E-state index is 0.926. The maximum atomic E-state index is 5.16. The maximum absolute atomic E-state index is 5.16. The largest absolute Gasteiger partial charge is 0.254 e. The van der Waals surface area contributed by atoms with Gasteiger partial charge in [-0.05, 0) is 121 Å². The van der Waals surface area contributed by atoms with Crippen LogP contribution in [-0.4, -0.2) is 19.9 Å². The Bertz CT molecular complexity index is 3970. The lowest BCUT2D eigenvalue weighted by atomic mass is 9.93. The molecule has 4 aromatic heterocycles. The number of rotatable bonds is 4. The van der Waals surface area contributed by atoms with E-state index in [2.05, 4.69) is 199 Å². The standard InChI is InChI=1S/C58H34N4/c1-2-9-48-46(7-1)47-8-3-4-10-49(47)51-34-45(17-23-50(48)51)55-28-22-44-33-40(20-26-53(44)61-55)39-19-25-52-43(32-39)21-27-54(60-52)41-15-13-38-31-42(16-14-37(38)30-41)56-24-18-36-12-11-35-6-5-29-59-57(35)58(36)62-56/h1-34H. The molecule has 4 heterocycles. The summed E-state index contributed by atoms with van der Waals surface area (Å²) < 4.78 is 0. The second-order valence-electron chi connectivity index (χ2n) is 16.2. The van der Waals surface area contributed by atoms with Crippen LogP contribution >= 0.6 is 0 Å². The van der Waals surface area contributed by atoms with Crippen LogP contribution in [0.5, 0.6) is 0 Å². The second kappa shape index (κ2) is 13.6. The van der Waals surface area contributed by atoms with E-state index in [0.717, 1.165) is 99.3 Å². The topological polar surface area (TPSA) is 51.6 Å². The van der Waals surface area contributed by atoms with Crippen LogP contribution in [0.2, 0.25) is 0 Å². The van der Waals surface area contributed by atoms with E-state index in [-0.39, 0.29) is 0 Å². The third-order valence-corrected chi connectivity index (χ3v) is 12.6. The van der Waals surface area contributed by atoms with Crippen molar-refractivity contribution in [1.29, 1.82) is 0 Å². The van der Waals surface area contributed by atoms with E-state index in [9.17, 15) is 0 Å². The van der Waals surface area contributed by atoms with Crippen molar-refractivity contribution in [2.24, 2.45) is 0 Å². The highest BCUT2D eigenvalue weighted by Gasteiger charge is 2.13. The van der Waals surface area contributed by atoms with Crippen molar-refractivity contribution in [2.45, 2.75) is 0 Å². The van der Waals surface area contributed by atoms with Gasteiger partial charge in [0.15, 0.2) is 0 Å². The van der Waals surface area contributed by atoms with Gasteiger partial charge in [0, 0.05) is 44.4 Å². The lowest BCUT2D eigenvalue weighted by Gasteiger charge is -2.12. The molecule has 13 aromatic rings. The minimum Gasteiger partial charge on any atom is -0.254 e. The normalized spacial score (nSPS) is 11.9. The van der Waals surface area contributed by atoms with Crippen molar-refractivity contribution >= 4 is 86.7 Å². The highest BCUT2D eigenvalue weighted by Crippen LogP contribution is 2.38. The average molecular weight is 787 g/mol. The lowest BCUT2D eigenvalue weighted by Crippen LogP contribution is -1.90. The molecule has 0 atom stereocenters. The molecule has 0 radical (unpaired) electrons. The van der Waals surface area contributed by atoms with Crippen LogP contribution in [0.1, 0.15) is 0 Å². The summed E-state index contributed by atoms with van der Waals surface area (Å²) >= 11 is 0. The first-order chi connectivity index (χ1) is 30.7. The number of pyridine rings is 4. The monoisotopic (exact) mass is 786 g/mol. The number of fused-ring (bicyclic) bond motifs is 12. The summed E-state index contributed by atoms with van der Waals surface area (Å²) in [6, 6.07) is 71.6. The van der Waals surface area contributed by atoms with Gasteiger partial charge >= 0.3 is 0 Å². The highest BCUT2D eigenvalue weighted by molar-refractivity contribution is 6.25. The van der Waals surface area contributed by atoms with E-state index >= 15 is 0 Å². The number of nitrogens with zero attached hydrogens (tertiary/aromatic N) is 4. The van der Waals surface area contributed by atoms with Crippen molar-refractivity contribution in [2.75, 3.05) is 0 Å². The number of hydrogen-bond donors (Lipinski definition) is 0. The summed E-state index contributed by atoms with van der Waals surface area (Å²) in [4.78, 5) is 20.0. The lowest BCUT2D eigenvalue weighted by molar-refractivity contribution is 1.37. The summed E-state index contributed by atoms with van der Waals surface area (Å²) in [7, 11) is 0. The van der Waals surface area contributed by atoms with E-state index in [1.54, 1.807) is 0 Å². The molecular weight excluding hydrogens is 753 g/mol. The zero-order valence-corrected chi connectivity index (χ0v) is 33.4. The average Bonchev–Trinajstić information content (AvgIpc) is 3.35. The Kier molecular flexibility index (Phi) is 7.57. The van der Waals surface area contributed by atoms with Crippen LogP contribution < -0.4 is 0 Å². The molecule has 0 bridgehead atoms. The first-order valence-corrected chi connectivity index (χ1v) is 21.0. The van der Waals surface area contributed by atoms with Gasteiger partial charge in [-0.2, -0.15) is 0 Å². The Morgan fingerprint density at radius 3 is 1.26 bits per heavy atom. The van der Waals surface area contributed by atoms with E-state index < -0.39 is 0 Å². The van der Waals surface area contributed by atoms with Gasteiger partial charge in [0.2, 0.25) is 0 Å². The Morgan fingerprint density at radius 1 is 0.242 bits per heavy atom. The smallest absolute Gasteiger partial charge is 0.0972 e. The van der Waals surface area contributed by atoms with Gasteiger partial charge in [0.1, 0.15) is 0 Å². The van der Waals surface area contributed by atoms with Crippen LogP contribution in [0.15, 0.2) is 206 Å². The third-order valence-electron chi connectivity index (χ3n) is 12.6. The van der Waals surface area contributed by atoms with Gasteiger partial charge in [-0.1, -0.05) is 133 Å². The Labute approximate surface area is 356 Å². The summed E-state index contributed by atoms with van der Waals surface area (Å²) in [5.74, 6) is 0. The van der Waals surface area contributed by atoms with Crippen LogP contribution in [-0.2, 0) is 0 Å². The first kappa shape index (κ1) is 34.5. The Balaban J connectivity index is 0.781. The minimum absolute atomic E-state index is 0.926. The quantitative estimate of drug-likeness (QED) is 0.167. The second-order valence-corrected chi connectivity index (χ2v) is 16.2. The molecule has 286 valence electrons. The Morgan fingerprint density at radius 2 is 0.661 bits per heavy atom. The molecule has 0 N–H and O–H groups in total. The number of aromatic nitrogens is 4. The molecule has 0 saturated heterocycles. The van der Waals surface area contributed by atoms with Gasteiger partial charge in [-0.25, -0.2) is 15.0 Å². The zero-order valence-electron chi connectivity index (χ0n) is 33.4. The van der Waals surface area contributed by atoms with Gasteiger partial charge in [-0.3, -0.25) is 4.98 Å². The van der Waals surface area contributed by atoms with Crippen molar-refractivity contribution in [3.8, 4) is 44.9 Å². The van der Waals surface area contributed by atoms with E-state index in [4.69, 9.17) is 15.0 Å². The third kappa shape index (κ3) is 5.62. The fourth-order valence-electron chi connectivity index (χ4n) is 9.45. The number of hydrogen-bond acceptors (Lipinski definition) is 4. The van der Waals surface area contributed by atoms with Gasteiger partial charge in [-0.15, -0.1) is 0 Å². The van der Waals surface area contributed by atoms with E-state index in [1.165, 1.54) is 32.3 Å². The van der Waals surface area contributed by atoms with Crippen molar-refractivity contribution in [1.82, 2.24) is 19.9 Å². The van der Waals surface area contributed by atoms with E-state index in [1.807, 2.05) is 12.3 Å². The fraction of sp³-hybridized carbons (Fsp3) is 0. The van der Waals surface area contributed by atoms with Gasteiger partial charge < -0.3 is 0 Å². The summed E-state index contributed by atoms with van der Waals surface area (Å²) in [6.45, 7) is 0. The van der Waals surface area contributed by atoms with Gasteiger partial charge in [0.25, 0.3) is 0 Å². The summed E-state index contributed by atoms with van der Waals surface area (Å²) in [5, 5.41) is 14.3. The zero-order chi connectivity index (χ0) is 40.7. The molecule has 4 nitrogen and oxygen atoms in total. The molecule has 0 fully saturated rings. The summed E-state index contributed by atoms with van der Waals surface area (Å²) in [6.07, 6.45) is 1.83. The SMILES string of the molecule is c1cnc2c(c1)ccc1ccc(-c3ccc4cc(-c5ccc6cc(-c7ccc8nc(-c9ccc%10c%11ccccc%11c%11ccccc%11c%10c9)ccc8c7)ccc6n5)ccc4c3)nc12. The molecule has 0 aliphatic rings. The van der Waals surface area contributed by atoms with Crippen molar-refractivity contribution < 1.29 is 0 Å².